The van der Waals surface area contributed by atoms with Crippen molar-refractivity contribution in [2.75, 3.05) is 26.2 Å². The summed E-state index contributed by atoms with van der Waals surface area (Å²) in [5, 5.41) is 0.463. The Bertz CT molecular complexity index is 1290. The molecule has 1 aromatic carbocycles. The Hall–Kier alpha value is -2.91. The molecule has 1 amide bonds. The third-order valence-electron chi connectivity index (χ3n) is 6.36. The highest BCUT2D eigenvalue weighted by molar-refractivity contribution is 6.33. The number of amides is 1. The topological polar surface area (TPSA) is 96.2 Å². The Morgan fingerprint density at radius 1 is 1.09 bits per heavy atom. The summed E-state index contributed by atoms with van der Waals surface area (Å²) >= 11 is 6.23. The number of imidazole rings is 1. The predicted octanol–water partition coefficient (Wildman–Crippen LogP) is 2.71. The summed E-state index contributed by atoms with van der Waals surface area (Å²) in [6, 6.07) is 7.12. The van der Waals surface area contributed by atoms with Crippen LogP contribution in [-0.2, 0) is 19.6 Å². The van der Waals surface area contributed by atoms with Crippen molar-refractivity contribution in [3.63, 3.8) is 0 Å². The van der Waals surface area contributed by atoms with Gasteiger partial charge in [0, 0.05) is 39.3 Å². The van der Waals surface area contributed by atoms with Gasteiger partial charge in [-0.15, -0.1) is 0 Å². The van der Waals surface area contributed by atoms with Gasteiger partial charge in [-0.1, -0.05) is 37.1 Å². The second-order valence-corrected chi connectivity index (χ2v) is 9.02. The summed E-state index contributed by atoms with van der Waals surface area (Å²) in [6.45, 7) is 8.39. The van der Waals surface area contributed by atoms with E-state index in [0.717, 1.165) is 31.6 Å². The van der Waals surface area contributed by atoms with Crippen LogP contribution in [0.15, 0.2) is 33.9 Å². The Kier molecular flexibility index (Phi) is 7.53. The molecule has 0 saturated carbocycles. The smallest absolute Gasteiger partial charge is 0.330 e. The first-order valence-corrected chi connectivity index (χ1v) is 12.3. The summed E-state index contributed by atoms with van der Waals surface area (Å²) in [4.78, 5) is 49.4. The van der Waals surface area contributed by atoms with Gasteiger partial charge in [-0.25, -0.2) is 9.78 Å². The van der Waals surface area contributed by atoms with Crippen molar-refractivity contribution in [1.29, 1.82) is 0 Å². The summed E-state index contributed by atoms with van der Waals surface area (Å²) in [7, 11) is 0. The maximum atomic E-state index is 13.0. The van der Waals surface area contributed by atoms with Crippen molar-refractivity contribution >= 4 is 28.7 Å². The molecule has 0 atom stereocenters. The zero-order valence-corrected chi connectivity index (χ0v) is 20.5. The van der Waals surface area contributed by atoms with Gasteiger partial charge >= 0.3 is 5.69 Å². The van der Waals surface area contributed by atoms with E-state index in [0.29, 0.717) is 61.0 Å². The molecule has 1 N–H and O–H groups in total. The number of nitrogens with zero attached hydrogens (tertiary/aromatic N) is 5. The third-order valence-corrected chi connectivity index (χ3v) is 6.69. The van der Waals surface area contributed by atoms with Crippen molar-refractivity contribution in [2.45, 2.75) is 52.7 Å². The number of carbonyl (C=O) groups excluding carboxylic acids is 1. The lowest BCUT2D eigenvalue weighted by atomic mass is 10.2. The maximum Gasteiger partial charge on any atom is 0.330 e. The molecule has 9 nitrogen and oxygen atoms in total. The molecule has 0 spiro atoms. The van der Waals surface area contributed by atoms with E-state index >= 15 is 0 Å². The van der Waals surface area contributed by atoms with Crippen molar-refractivity contribution < 1.29 is 4.79 Å². The number of unbranched alkanes of at least 4 members (excludes halogenated alkanes) is 1. The molecule has 34 heavy (non-hydrogen) atoms. The van der Waals surface area contributed by atoms with Crippen molar-refractivity contribution in [2.24, 2.45) is 0 Å². The number of hydrogen-bond acceptors (Lipinski definition) is 5. The van der Waals surface area contributed by atoms with Crippen LogP contribution in [0.2, 0.25) is 5.02 Å². The zero-order chi connectivity index (χ0) is 24.2. The lowest BCUT2D eigenvalue weighted by Gasteiger charge is -2.22. The van der Waals surface area contributed by atoms with E-state index in [-0.39, 0.29) is 5.91 Å². The van der Waals surface area contributed by atoms with Crippen LogP contribution in [0.1, 0.15) is 49.3 Å². The highest BCUT2D eigenvalue weighted by Gasteiger charge is 2.24. The van der Waals surface area contributed by atoms with Crippen LogP contribution in [-0.4, -0.2) is 61.0 Å². The second kappa shape index (κ2) is 10.6. The number of nitrogens with one attached hydrogen (secondary N) is 1. The van der Waals surface area contributed by atoms with E-state index in [1.165, 1.54) is 0 Å². The van der Waals surface area contributed by atoms with Gasteiger partial charge < -0.3 is 9.47 Å². The molecular weight excluding hydrogens is 456 g/mol. The third kappa shape index (κ3) is 4.81. The number of aromatic nitrogens is 4. The summed E-state index contributed by atoms with van der Waals surface area (Å²) < 4.78 is 3.47. The molecule has 0 unspecified atom stereocenters. The molecule has 1 saturated heterocycles. The fraction of sp³-hybridized carbons (Fsp3) is 0.500. The van der Waals surface area contributed by atoms with Gasteiger partial charge in [0.05, 0.1) is 17.1 Å². The van der Waals surface area contributed by atoms with Crippen LogP contribution < -0.4 is 11.2 Å². The number of fused-ring (bicyclic) bond motifs is 1. The molecule has 3 heterocycles. The first-order chi connectivity index (χ1) is 16.4. The fourth-order valence-corrected chi connectivity index (χ4v) is 4.76. The molecule has 1 aliphatic heterocycles. The molecule has 0 aliphatic carbocycles. The molecular formula is C24H31ClN6O3. The summed E-state index contributed by atoms with van der Waals surface area (Å²) in [5.41, 5.74) is 0.597. The number of aryl methyl sites for hydroxylation is 2. The van der Waals surface area contributed by atoms with Gasteiger partial charge in [0.1, 0.15) is 5.82 Å². The van der Waals surface area contributed by atoms with E-state index in [4.69, 9.17) is 16.6 Å². The minimum atomic E-state index is -0.415. The van der Waals surface area contributed by atoms with Crippen LogP contribution in [0.5, 0.6) is 0 Å². The number of hydrogen-bond donors (Lipinski definition) is 1. The molecule has 3 aromatic rings. The number of carbonyl (C=O) groups is 1. The van der Waals surface area contributed by atoms with Gasteiger partial charge in [0.2, 0.25) is 0 Å². The standard InChI is InChI=1S/C24H31ClN6O3/c1-3-5-13-31-21-20(22(32)27-24(31)34)30(4-2)19(26-21)16-28-11-8-12-29(15-14-28)23(33)17-9-6-7-10-18(17)25/h6-7,9-10H,3-5,8,11-16H2,1-2H3,(H,27,32,34). The Morgan fingerprint density at radius 3 is 2.62 bits per heavy atom. The minimum Gasteiger partial charge on any atom is -0.337 e. The molecule has 2 aromatic heterocycles. The van der Waals surface area contributed by atoms with Crippen LogP contribution in [0.3, 0.4) is 0 Å². The second-order valence-electron chi connectivity index (χ2n) is 8.61. The van der Waals surface area contributed by atoms with E-state index < -0.39 is 11.2 Å². The molecule has 4 rings (SSSR count). The number of H-pyrrole nitrogens is 1. The van der Waals surface area contributed by atoms with Gasteiger partial charge in [0.25, 0.3) is 11.5 Å². The minimum absolute atomic E-state index is 0.0558. The van der Waals surface area contributed by atoms with E-state index in [1.807, 2.05) is 28.5 Å². The van der Waals surface area contributed by atoms with E-state index in [9.17, 15) is 14.4 Å². The molecule has 1 fully saturated rings. The number of benzene rings is 1. The van der Waals surface area contributed by atoms with Gasteiger partial charge in [-0.2, -0.15) is 0 Å². The van der Waals surface area contributed by atoms with Crippen LogP contribution in [0.25, 0.3) is 11.2 Å². The predicted molar refractivity (Wildman–Crippen MR) is 132 cm³/mol. The Morgan fingerprint density at radius 2 is 1.88 bits per heavy atom. The monoisotopic (exact) mass is 486 g/mol. The number of aromatic amines is 1. The average molecular weight is 487 g/mol. The molecule has 10 heteroatoms. The first kappa shape index (κ1) is 24.2. The van der Waals surface area contributed by atoms with Crippen molar-refractivity contribution in [3.8, 4) is 0 Å². The molecule has 0 bridgehead atoms. The van der Waals surface area contributed by atoms with E-state index in [2.05, 4.69) is 16.8 Å². The van der Waals surface area contributed by atoms with Crippen molar-refractivity contribution in [1.82, 2.24) is 28.9 Å². The Balaban J connectivity index is 1.56. The largest absolute Gasteiger partial charge is 0.337 e. The summed E-state index contributed by atoms with van der Waals surface area (Å²) in [6.07, 6.45) is 2.59. The quantitative estimate of drug-likeness (QED) is 0.554. The van der Waals surface area contributed by atoms with Gasteiger partial charge in [-0.3, -0.25) is 24.0 Å². The van der Waals surface area contributed by atoms with Crippen LogP contribution in [0, 0.1) is 0 Å². The van der Waals surface area contributed by atoms with Gasteiger partial charge in [0.15, 0.2) is 11.2 Å². The Labute approximate surface area is 203 Å². The van der Waals surface area contributed by atoms with E-state index in [1.54, 1.807) is 16.7 Å². The summed E-state index contributed by atoms with van der Waals surface area (Å²) in [5.74, 6) is 0.699. The fourth-order valence-electron chi connectivity index (χ4n) is 4.54. The lowest BCUT2D eigenvalue weighted by molar-refractivity contribution is 0.0761. The normalized spacial score (nSPS) is 15.1. The zero-order valence-electron chi connectivity index (χ0n) is 19.7. The maximum absolute atomic E-state index is 13.0. The van der Waals surface area contributed by atoms with Crippen LogP contribution >= 0.6 is 11.6 Å². The first-order valence-electron chi connectivity index (χ1n) is 11.9. The average Bonchev–Trinajstić information content (AvgIpc) is 3.02. The molecule has 1 aliphatic rings. The van der Waals surface area contributed by atoms with Gasteiger partial charge in [-0.05, 0) is 31.9 Å². The SMILES string of the molecule is CCCCn1c(=O)[nH]c(=O)c2c1nc(CN1CCCN(C(=O)c3ccccc3Cl)CC1)n2CC. The highest BCUT2D eigenvalue weighted by Crippen LogP contribution is 2.19. The molecule has 182 valence electrons. The highest BCUT2D eigenvalue weighted by atomic mass is 35.5. The van der Waals surface area contributed by atoms with Crippen LogP contribution in [0.4, 0.5) is 0 Å². The van der Waals surface area contributed by atoms with Crippen molar-refractivity contribution in [3.05, 3.63) is 61.5 Å². The molecule has 0 radical (unpaired) electrons. The number of halogens is 1. The lowest BCUT2D eigenvalue weighted by Crippen LogP contribution is -2.35. The number of rotatable bonds is 7.